The Labute approximate surface area is 142 Å². The summed E-state index contributed by atoms with van der Waals surface area (Å²) in [6.07, 6.45) is 4.73. The standard InChI is InChI=1S/C17H25N5O2/c1-12-11-15(20-17(18-12)19-14-5-3-4-6-14)16(24)22-9-7-21(8-10-22)13(2)23/h11,14H,3-10H2,1-2H3,(H,18,19,20). The van der Waals surface area contributed by atoms with Crippen LogP contribution in [0.3, 0.4) is 0 Å². The predicted octanol–water partition coefficient (Wildman–Crippen LogP) is 1.44. The zero-order chi connectivity index (χ0) is 17.1. The fraction of sp³-hybridized carbons (Fsp3) is 0.647. The lowest BCUT2D eigenvalue weighted by atomic mass is 10.2. The molecule has 24 heavy (non-hydrogen) atoms. The molecule has 2 fully saturated rings. The SMILES string of the molecule is CC(=O)N1CCN(C(=O)c2cc(C)nc(NC3CCCC3)n2)CC1. The van der Waals surface area contributed by atoms with Gasteiger partial charge in [-0.25, -0.2) is 9.97 Å². The average Bonchev–Trinajstić information content (AvgIpc) is 3.06. The third-order valence-electron chi connectivity index (χ3n) is 4.77. The van der Waals surface area contributed by atoms with Crippen molar-refractivity contribution in [1.29, 1.82) is 0 Å². The van der Waals surface area contributed by atoms with Gasteiger partial charge in [0, 0.05) is 44.8 Å². The van der Waals surface area contributed by atoms with Crippen LogP contribution in [0.1, 0.15) is 48.8 Å². The van der Waals surface area contributed by atoms with Crippen molar-refractivity contribution in [3.63, 3.8) is 0 Å². The van der Waals surface area contributed by atoms with E-state index in [4.69, 9.17) is 0 Å². The van der Waals surface area contributed by atoms with E-state index in [1.807, 2.05) is 6.92 Å². The van der Waals surface area contributed by atoms with E-state index >= 15 is 0 Å². The Morgan fingerprint density at radius 1 is 1.08 bits per heavy atom. The van der Waals surface area contributed by atoms with Gasteiger partial charge in [-0.2, -0.15) is 0 Å². The number of amides is 2. The number of anilines is 1. The highest BCUT2D eigenvalue weighted by molar-refractivity contribution is 5.93. The van der Waals surface area contributed by atoms with Crippen LogP contribution < -0.4 is 5.32 Å². The van der Waals surface area contributed by atoms with Gasteiger partial charge in [0.15, 0.2) is 0 Å². The number of rotatable bonds is 3. The molecule has 0 spiro atoms. The fourth-order valence-corrected chi connectivity index (χ4v) is 3.38. The van der Waals surface area contributed by atoms with Gasteiger partial charge in [-0.05, 0) is 25.8 Å². The van der Waals surface area contributed by atoms with Crippen molar-refractivity contribution >= 4 is 17.8 Å². The van der Waals surface area contributed by atoms with Crippen molar-refractivity contribution in [2.45, 2.75) is 45.6 Å². The molecule has 0 bridgehead atoms. The van der Waals surface area contributed by atoms with Crippen LogP contribution in [0, 0.1) is 6.92 Å². The highest BCUT2D eigenvalue weighted by atomic mass is 16.2. The van der Waals surface area contributed by atoms with E-state index in [0.29, 0.717) is 43.9 Å². The molecule has 2 amide bonds. The van der Waals surface area contributed by atoms with Gasteiger partial charge < -0.3 is 15.1 Å². The van der Waals surface area contributed by atoms with Crippen molar-refractivity contribution in [3.8, 4) is 0 Å². The molecule has 1 N–H and O–H groups in total. The van der Waals surface area contributed by atoms with Gasteiger partial charge in [-0.3, -0.25) is 9.59 Å². The zero-order valence-electron chi connectivity index (χ0n) is 14.4. The molecule has 3 rings (SSSR count). The lowest BCUT2D eigenvalue weighted by molar-refractivity contribution is -0.130. The van der Waals surface area contributed by atoms with Crippen LogP contribution in [0.4, 0.5) is 5.95 Å². The first kappa shape index (κ1) is 16.7. The summed E-state index contributed by atoms with van der Waals surface area (Å²) in [4.78, 5) is 36.5. The molecule has 0 radical (unpaired) electrons. The molecule has 1 aromatic rings. The van der Waals surface area contributed by atoms with E-state index in [1.165, 1.54) is 12.8 Å². The van der Waals surface area contributed by atoms with E-state index in [9.17, 15) is 9.59 Å². The minimum Gasteiger partial charge on any atom is -0.351 e. The number of piperazine rings is 1. The summed E-state index contributed by atoms with van der Waals surface area (Å²) < 4.78 is 0. The molecule has 1 saturated heterocycles. The van der Waals surface area contributed by atoms with Crippen LogP contribution in [0.25, 0.3) is 0 Å². The van der Waals surface area contributed by atoms with Crippen LogP contribution in [0.15, 0.2) is 6.07 Å². The summed E-state index contributed by atoms with van der Waals surface area (Å²) >= 11 is 0. The topological polar surface area (TPSA) is 78.4 Å². The van der Waals surface area contributed by atoms with Crippen LogP contribution in [-0.4, -0.2) is 63.8 Å². The third kappa shape index (κ3) is 3.83. The van der Waals surface area contributed by atoms with Crippen molar-refractivity contribution in [2.75, 3.05) is 31.5 Å². The van der Waals surface area contributed by atoms with Gasteiger partial charge in [-0.1, -0.05) is 12.8 Å². The Balaban J connectivity index is 1.68. The second-order valence-electron chi connectivity index (χ2n) is 6.64. The molecule has 130 valence electrons. The maximum Gasteiger partial charge on any atom is 0.272 e. The zero-order valence-corrected chi connectivity index (χ0v) is 14.4. The number of carbonyl (C=O) groups excluding carboxylic acids is 2. The minimum atomic E-state index is -0.0850. The van der Waals surface area contributed by atoms with Crippen molar-refractivity contribution in [2.24, 2.45) is 0 Å². The maximum atomic E-state index is 12.7. The number of hydrogen-bond acceptors (Lipinski definition) is 5. The molecule has 1 saturated carbocycles. The molecule has 0 unspecified atom stereocenters. The first-order chi connectivity index (χ1) is 11.5. The number of nitrogens with zero attached hydrogens (tertiary/aromatic N) is 4. The second kappa shape index (κ2) is 7.15. The van der Waals surface area contributed by atoms with E-state index in [1.54, 1.807) is 22.8 Å². The number of aryl methyl sites for hydroxylation is 1. The van der Waals surface area contributed by atoms with E-state index in [0.717, 1.165) is 18.5 Å². The Morgan fingerprint density at radius 3 is 2.33 bits per heavy atom. The van der Waals surface area contributed by atoms with Gasteiger partial charge in [-0.15, -0.1) is 0 Å². The lowest BCUT2D eigenvalue weighted by Gasteiger charge is -2.34. The fourth-order valence-electron chi connectivity index (χ4n) is 3.38. The normalized spacial score (nSPS) is 18.8. The van der Waals surface area contributed by atoms with Crippen LogP contribution in [0.5, 0.6) is 0 Å². The van der Waals surface area contributed by atoms with Gasteiger partial charge in [0.05, 0.1) is 0 Å². The molecule has 7 nitrogen and oxygen atoms in total. The van der Waals surface area contributed by atoms with Crippen LogP contribution in [-0.2, 0) is 4.79 Å². The van der Waals surface area contributed by atoms with E-state index < -0.39 is 0 Å². The third-order valence-corrected chi connectivity index (χ3v) is 4.77. The highest BCUT2D eigenvalue weighted by Crippen LogP contribution is 2.21. The van der Waals surface area contributed by atoms with E-state index in [2.05, 4.69) is 15.3 Å². The summed E-state index contributed by atoms with van der Waals surface area (Å²) in [5, 5.41) is 3.36. The number of nitrogens with one attached hydrogen (secondary N) is 1. The monoisotopic (exact) mass is 331 g/mol. The first-order valence-corrected chi connectivity index (χ1v) is 8.70. The van der Waals surface area contributed by atoms with E-state index in [-0.39, 0.29) is 11.8 Å². The Hall–Kier alpha value is -2.18. The largest absolute Gasteiger partial charge is 0.351 e. The van der Waals surface area contributed by atoms with Crippen molar-refractivity contribution < 1.29 is 9.59 Å². The summed E-state index contributed by atoms with van der Waals surface area (Å²) in [7, 11) is 0. The molecule has 0 aromatic carbocycles. The number of carbonyl (C=O) groups is 2. The average molecular weight is 331 g/mol. The van der Waals surface area contributed by atoms with Crippen molar-refractivity contribution in [1.82, 2.24) is 19.8 Å². The summed E-state index contributed by atoms with van der Waals surface area (Å²) in [6.45, 7) is 5.70. The Kier molecular flexibility index (Phi) is 4.97. The maximum absolute atomic E-state index is 12.7. The molecule has 0 atom stereocenters. The highest BCUT2D eigenvalue weighted by Gasteiger charge is 2.25. The molecule has 2 heterocycles. The molecule has 7 heteroatoms. The van der Waals surface area contributed by atoms with Gasteiger partial charge >= 0.3 is 0 Å². The van der Waals surface area contributed by atoms with Crippen molar-refractivity contribution in [3.05, 3.63) is 17.5 Å². The quantitative estimate of drug-likeness (QED) is 0.907. The molecular weight excluding hydrogens is 306 g/mol. The molecule has 1 aliphatic carbocycles. The lowest BCUT2D eigenvalue weighted by Crippen LogP contribution is -2.50. The first-order valence-electron chi connectivity index (χ1n) is 8.70. The molecular formula is C17H25N5O2. The Bertz CT molecular complexity index is 619. The smallest absolute Gasteiger partial charge is 0.272 e. The second-order valence-corrected chi connectivity index (χ2v) is 6.64. The number of aromatic nitrogens is 2. The van der Waals surface area contributed by atoms with Crippen LogP contribution >= 0.6 is 0 Å². The predicted molar refractivity (Wildman–Crippen MR) is 90.8 cm³/mol. The van der Waals surface area contributed by atoms with Gasteiger partial charge in [0.2, 0.25) is 11.9 Å². The van der Waals surface area contributed by atoms with Gasteiger partial charge in [0.1, 0.15) is 5.69 Å². The van der Waals surface area contributed by atoms with Crippen LogP contribution in [0.2, 0.25) is 0 Å². The summed E-state index contributed by atoms with van der Waals surface area (Å²) in [6, 6.07) is 2.15. The molecule has 1 aliphatic heterocycles. The summed E-state index contributed by atoms with van der Waals surface area (Å²) in [5.41, 5.74) is 1.22. The summed E-state index contributed by atoms with van der Waals surface area (Å²) in [5.74, 6) is 0.522. The molecule has 2 aliphatic rings. The number of hydrogen-bond donors (Lipinski definition) is 1. The van der Waals surface area contributed by atoms with Gasteiger partial charge in [0.25, 0.3) is 5.91 Å². The molecule has 1 aromatic heterocycles. The minimum absolute atomic E-state index is 0.0584. The Morgan fingerprint density at radius 2 is 1.71 bits per heavy atom.